The summed E-state index contributed by atoms with van der Waals surface area (Å²) >= 11 is 3.42. The van der Waals surface area contributed by atoms with Crippen molar-refractivity contribution >= 4 is 33.2 Å². The number of hydrogen-bond donors (Lipinski definition) is 2. The first-order valence-electron chi connectivity index (χ1n) is 5.60. The first-order chi connectivity index (χ1) is 8.65. The molecule has 0 saturated carbocycles. The number of anilines is 2. The lowest BCUT2D eigenvalue weighted by atomic mass is 10.1. The first kappa shape index (κ1) is 13.1. The zero-order chi connectivity index (χ0) is 13.1. The summed E-state index contributed by atoms with van der Waals surface area (Å²) in [6.45, 7) is 1.54. The third-order valence-corrected chi connectivity index (χ3v) is 3.45. The Morgan fingerprint density at radius 1 is 1.67 bits per heavy atom. The van der Waals surface area contributed by atoms with Crippen LogP contribution in [0.3, 0.4) is 0 Å². The largest absolute Gasteiger partial charge is 0.396 e. The van der Waals surface area contributed by atoms with Gasteiger partial charge in [0.05, 0.1) is 35.3 Å². The van der Waals surface area contributed by atoms with E-state index in [1.807, 2.05) is 4.90 Å². The molecule has 7 heteroatoms. The highest BCUT2D eigenvalue weighted by molar-refractivity contribution is 9.10. The molecule has 1 aromatic heterocycles. The van der Waals surface area contributed by atoms with Crippen LogP contribution in [0.1, 0.15) is 0 Å². The maximum absolute atomic E-state index is 11.9. The summed E-state index contributed by atoms with van der Waals surface area (Å²) in [6, 6.07) is -0.371. The number of pyridine rings is 1. The van der Waals surface area contributed by atoms with Gasteiger partial charge in [0.2, 0.25) is 5.91 Å². The lowest BCUT2D eigenvalue weighted by Crippen LogP contribution is -2.53. The van der Waals surface area contributed by atoms with Gasteiger partial charge in [-0.1, -0.05) is 0 Å². The van der Waals surface area contributed by atoms with E-state index in [0.29, 0.717) is 25.4 Å². The molecule has 1 aliphatic rings. The molecule has 18 heavy (non-hydrogen) atoms. The zero-order valence-corrected chi connectivity index (χ0v) is 11.6. The normalized spacial score (nSPS) is 19.7. The van der Waals surface area contributed by atoms with Gasteiger partial charge in [0.25, 0.3) is 0 Å². The second kappa shape index (κ2) is 5.53. The average molecular weight is 315 g/mol. The Labute approximate surface area is 114 Å². The number of ether oxygens (including phenoxy) is 1. The van der Waals surface area contributed by atoms with Crippen molar-refractivity contribution in [2.45, 2.75) is 6.04 Å². The lowest BCUT2D eigenvalue weighted by molar-refractivity contribution is -0.124. The number of halogens is 1. The molecule has 1 atom stereocenters. The summed E-state index contributed by atoms with van der Waals surface area (Å²) in [5, 5.41) is 2.64. The van der Waals surface area contributed by atoms with Crippen molar-refractivity contribution in [3.8, 4) is 0 Å². The number of rotatable bonds is 2. The number of carbonyl (C=O) groups is 1. The summed E-state index contributed by atoms with van der Waals surface area (Å²) in [7, 11) is 1.61. The smallest absolute Gasteiger partial charge is 0.244 e. The topological polar surface area (TPSA) is 80.5 Å². The highest BCUT2D eigenvalue weighted by Crippen LogP contribution is 2.33. The number of likely N-dealkylation sites (N-methyl/N-ethyl adjacent to an activating group) is 1. The van der Waals surface area contributed by atoms with Crippen LogP contribution in [0.15, 0.2) is 16.9 Å². The predicted octanol–water partition coefficient (Wildman–Crippen LogP) is 0.378. The highest BCUT2D eigenvalue weighted by Gasteiger charge is 2.31. The minimum Gasteiger partial charge on any atom is -0.396 e. The second-order valence-electron chi connectivity index (χ2n) is 3.96. The molecule has 0 aliphatic carbocycles. The minimum atomic E-state index is -0.371. The van der Waals surface area contributed by atoms with Crippen molar-refractivity contribution in [2.75, 3.05) is 37.4 Å². The lowest BCUT2D eigenvalue weighted by Gasteiger charge is -2.37. The fourth-order valence-electron chi connectivity index (χ4n) is 2.00. The monoisotopic (exact) mass is 314 g/mol. The Morgan fingerprint density at radius 2 is 2.44 bits per heavy atom. The number of nitrogens with two attached hydrogens (primary N) is 1. The van der Waals surface area contributed by atoms with E-state index in [4.69, 9.17) is 10.5 Å². The van der Waals surface area contributed by atoms with E-state index in [1.165, 1.54) is 0 Å². The Bertz CT molecular complexity index is 434. The number of carbonyl (C=O) groups excluding carboxylic acids is 1. The number of amides is 1. The van der Waals surface area contributed by atoms with Crippen LogP contribution in [-0.4, -0.2) is 43.7 Å². The Hall–Kier alpha value is -1.34. The molecule has 1 aliphatic heterocycles. The fourth-order valence-corrected chi connectivity index (χ4v) is 2.58. The third-order valence-electron chi connectivity index (χ3n) is 2.87. The highest BCUT2D eigenvalue weighted by atomic mass is 79.9. The Morgan fingerprint density at radius 3 is 3.11 bits per heavy atom. The van der Waals surface area contributed by atoms with Gasteiger partial charge in [-0.2, -0.15) is 0 Å². The summed E-state index contributed by atoms with van der Waals surface area (Å²) < 4.78 is 6.14. The molecular weight excluding hydrogens is 300 g/mol. The molecule has 3 N–H and O–H groups in total. The van der Waals surface area contributed by atoms with Gasteiger partial charge in [-0.3, -0.25) is 9.78 Å². The summed E-state index contributed by atoms with van der Waals surface area (Å²) in [6.07, 6.45) is 3.25. The van der Waals surface area contributed by atoms with Crippen molar-refractivity contribution in [2.24, 2.45) is 0 Å². The summed E-state index contributed by atoms with van der Waals surface area (Å²) in [5.41, 5.74) is 7.28. The van der Waals surface area contributed by atoms with Gasteiger partial charge < -0.3 is 20.7 Å². The van der Waals surface area contributed by atoms with Gasteiger partial charge in [0.15, 0.2) is 0 Å². The van der Waals surface area contributed by atoms with E-state index in [9.17, 15) is 4.79 Å². The molecule has 2 heterocycles. The van der Waals surface area contributed by atoms with E-state index < -0.39 is 0 Å². The summed E-state index contributed by atoms with van der Waals surface area (Å²) in [4.78, 5) is 17.8. The number of nitrogens with one attached hydrogen (secondary N) is 1. The van der Waals surface area contributed by atoms with E-state index in [1.54, 1.807) is 19.4 Å². The van der Waals surface area contributed by atoms with Crippen LogP contribution >= 0.6 is 15.9 Å². The quantitative estimate of drug-likeness (QED) is 0.825. The van der Waals surface area contributed by atoms with Crippen LogP contribution in [0.5, 0.6) is 0 Å². The van der Waals surface area contributed by atoms with Gasteiger partial charge in [-0.25, -0.2) is 0 Å². The van der Waals surface area contributed by atoms with E-state index in [-0.39, 0.29) is 11.9 Å². The van der Waals surface area contributed by atoms with Crippen LogP contribution < -0.4 is 16.0 Å². The van der Waals surface area contributed by atoms with Crippen molar-refractivity contribution in [1.29, 1.82) is 0 Å². The average Bonchev–Trinajstić information content (AvgIpc) is 2.38. The van der Waals surface area contributed by atoms with Crippen molar-refractivity contribution < 1.29 is 9.53 Å². The van der Waals surface area contributed by atoms with Crippen LogP contribution in [0.4, 0.5) is 11.4 Å². The van der Waals surface area contributed by atoms with E-state index >= 15 is 0 Å². The molecule has 6 nitrogen and oxygen atoms in total. The number of hydrogen-bond acceptors (Lipinski definition) is 5. The predicted molar refractivity (Wildman–Crippen MR) is 72.4 cm³/mol. The van der Waals surface area contributed by atoms with Gasteiger partial charge >= 0.3 is 0 Å². The van der Waals surface area contributed by atoms with Crippen molar-refractivity contribution in [1.82, 2.24) is 10.3 Å². The molecule has 0 aromatic carbocycles. The number of nitrogen functional groups attached to an aromatic ring is 1. The number of morpholine rings is 1. The van der Waals surface area contributed by atoms with Gasteiger partial charge in [-0.05, 0) is 15.9 Å². The van der Waals surface area contributed by atoms with E-state index in [2.05, 4.69) is 26.2 Å². The van der Waals surface area contributed by atoms with E-state index in [0.717, 1.165) is 10.2 Å². The van der Waals surface area contributed by atoms with Gasteiger partial charge in [-0.15, -0.1) is 0 Å². The van der Waals surface area contributed by atoms with Crippen LogP contribution in [0, 0.1) is 0 Å². The minimum absolute atomic E-state index is 0.0854. The Kier molecular flexibility index (Phi) is 4.03. The van der Waals surface area contributed by atoms with Crippen LogP contribution in [-0.2, 0) is 9.53 Å². The molecular formula is C11H15BrN4O2. The SMILES string of the molecule is CNC(=O)C1COCCN1c1c(N)cncc1Br. The summed E-state index contributed by atoms with van der Waals surface area (Å²) in [5.74, 6) is -0.0854. The van der Waals surface area contributed by atoms with Crippen molar-refractivity contribution in [3.05, 3.63) is 16.9 Å². The van der Waals surface area contributed by atoms with Crippen LogP contribution in [0.2, 0.25) is 0 Å². The molecule has 0 radical (unpaired) electrons. The van der Waals surface area contributed by atoms with Crippen molar-refractivity contribution in [3.63, 3.8) is 0 Å². The van der Waals surface area contributed by atoms with Gasteiger partial charge in [0.1, 0.15) is 6.04 Å². The standard InChI is InChI=1S/C11H15BrN4O2/c1-14-11(17)9-6-18-3-2-16(9)10-7(12)4-15-5-8(10)13/h4-5,9H,2-3,6,13H2,1H3,(H,14,17). The molecule has 1 aromatic rings. The fraction of sp³-hybridized carbons (Fsp3) is 0.455. The molecule has 0 spiro atoms. The second-order valence-corrected chi connectivity index (χ2v) is 4.81. The molecule has 1 amide bonds. The number of nitrogens with zero attached hydrogens (tertiary/aromatic N) is 2. The Balaban J connectivity index is 2.37. The maximum atomic E-state index is 11.9. The molecule has 0 bridgehead atoms. The molecule has 1 saturated heterocycles. The number of aromatic nitrogens is 1. The molecule has 1 fully saturated rings. The van der Waals surface area contributed by atoms with Crippen LogP contribution in [0.25, 0.3) is 0 Å². The zero-order valence-electron chi connectivity index (χ0n) is 10.0. The molecule has 2 rings (SSSR count). The molecule has 1 unspecified atom stereocenters. The first-order valence-corrected chi connectivity index (χ1v) is 6.39. The third kappa shape index (κ3) is 2.41. The van der Waals surface area contributed by atoms with Gasteiger partial charge in [0, 0.05) is 19.8 Å². The maximum Gasteiger partial charge on any atom is 0.244 e. The molecule has 98 valence electrons.